The van der Waals surface area contributed by atoms with E-state index in [0.29, 0.717) is 19.5 Å². The van der Waals surface area contributed by atoms with Crippen molar-refractivity contribution < 1.29 is 4.39 Å². The molecule has 2 aromatic rings. The van der Waals surface area contributed by atoms with Gasteiger partial charge in [0.1, 0.15) is 6.17 Å². The van der Waals surface area contributed by atoms with E-state index < -0.39 is 11.6 Å². The van der Waals surface area contributed by atoms with Gasteiger partial charge in [-0.05, 0) is 43.5 Å². The molecular formula is C20H26FN5. The molecule has 0 bridgehead atoms. The minimum absolute atomic E-state index is 0.170. The van der Waals surface area contributed by atoms with Gasteiger partial charge in [0.05, 0.1) is 23.6 Å². The summed E-state index contributed by atoms with van der Waals surface area (Å²) in [4.78, 5) is 3.75. The van der Waals surface area contributed by atoms with Crippen LogP contribution in [-0.2, 0) is 6.54 Å². The third kappa shape index (κ3) is 3.63. The van der Waals surface area contributed by atoms with Crippen LogP contribution in [0.25, 0.3) is 5.69 Å². The van der Waals surface area contributed by atoms with Gasteiger partial charge in [0.25, 0.3) is 0 Å². The Morgan fingerprint density at radius 1 is 1.35 bits per heavy atom. The molecular weight excluding hydrogens is 329 g/mol. The van der Waals surface area contributed by atoms with Gasteiger partial charge >= 0.3 is 0 Å². The first kappa shape index (κ1) is 18.5. The zero-order valence-corrected chi connectivity index (χ0v) is 15.7. The number of hydrogen-bond acceptors (Lipinski definition) is 4. The van der Waals surface area contributed by atoms with Gasteiger partial charge in [-0.15, -0.1) is 0 Å². The molecule has 2 unspecified atom stereocenters. The van der Waals surface area contributed by atoms with Crippen molar-refractivity contribution in [2.24, 2.45) is 11.3 Å². The van der Waals surface area contributed by atoms with E-state index >= 15 is 0 Å². The quantitative estimate of drug-likeness (QED) is 0.821. The van der Waals surface area contributed by atoms with Crippen molar-refractivity contribution >= 4 is 0 Å². The van der Waals surface area contributed by atoms with Gasteiger partial charge < -0.3 is 0 Å². The SMILES string of the molecule is Cc1cnn(-c2ccc(CN3CCC(CC#N)(C(C)C)C(F)C3)cc2)n1. The second-order valence-corrected chi connectivity index (χ2v) is 7.62. The summed E-state index contributed by atoms with van der Waals surface area (Å²) >= 11 is 0. The molecule has 2 heterocycles. The van der Waals surface area contributed by atoms with E-state index in [4.69, 9.17) is 5.26 Å². The Morgan fingerprint density at radius 3 is 2.62 bits per heavy atom. The van der Waals surface area contributed by atoms with Crippen LogP contribution in [0.2, 0.25) is 0 Å². The molecule has 0 spiro atoms. The van der Waals surface area contributed by atoms with Gasteiger partial charge in [-0.3, -0.25) is 4.90 Å². The van der Waals surface area contributed by atoms with Gasteiger partial charge in [0, 0.05) is 24.9 Å². The maximum absolute atomic E-state index is 15.0. The minimum atomic E-state index is -0.966. The van der Waals surface area contributed by atoms with E-state index in [-0.39, 0.29) is 5.92 Å². The van der Waals surface area contributed by atoms with Crippen molar-refractivity contribution in [2.45, 2.75) is 46.3 Å². The minimum Gasteiger partial charge on any atom is -0.296 e. The number of hydrogen-bond donors (Lipinski definition) is 0. The van der Waals surface area contributed by atoms with E-state index in [1.165, 1.54) is 0 Å². The summed E-state index contributed by atoms with van der Waals surface area (Å²) in [6.07, 6.45) is 1.79. The molecule has 0 aliphatic carbocycles. The molecule has 1 aliphatic rings. The first-order valence-electron chi connectivity index (χ1n) is 9.16. The molecule has 6 heteroatoms. The van der Waals surface area contributed by atoms with E-state index in [1.54, 1.807) is 11.0 Å². The van der Waals surface area contributed by atoms with Crippen LogP contribution in [-0.4, -0.2) is 39.2 Å². The highest BCUT2D eigenvalue weighted by Crippen LogP contribution is 2.43. The molecule has 3 rings (SSSR count). The monoisotopic (exact) mass is 355 g/mol. The van der Waals surface area contributed by atoms with E-state index in [2.05, 4.69) is 21.2 Å². The number of nitriles is 1. The van der Waals surface area contributed by atoms with Crippen LogP contribution >= 0.6 is 0 Å². The van der Waals surface area contributed by atoms with Crippen LogP contribution in [0.1, 0.15) is 37.9 Å². The Morgan fingerprint density at radius 2 is 2.08 bits per heavy atom. The molecule has 0 N–H and O–H groups in total. The second-order valence-electron chi connectivity index (χ2n) is 7.62. The fraction of sp³-hybridized carbons (Fsp3) is 0.550. The number of piperidine rings is 1. The lowest BCUT2D eigenvalue weighted by molar-refractivity contribution is -0.0253. The molecule has 1 saturated heterocycles. The summed E-state index contributed by atoms with van der Waals surface area (Å²) in [7, 11) is 0. The van der Waals surface area contributed by atoms with Gasteiger partial charge in [-0.1, -0.05) is 26.0 Å². The van der Waals surface area contributed by atoms with Gasteiger partial charge in [0.2, 0.25) is 0 Å². The van der Waals surface area contributed by atoms with Crippen molar-refractivity contribution in [2.75, 3.05) is 13.1 Å². The average Bonchev–Trinajstić information content (AvgIpc) is 3.04. The van der Waals surface area contributed by atoms with Crippen molar-refractivity contribution in [3.63, 3.8) is 0 Å². The number of rotatable bonds is 5. The summed E-state index contributed by atoms with van der Waals surface area (Å²) < 4.78 is 15.0. The van der Waals surface area contributed by atoms with Crippen LogP contribution < -0.4 is 0 Å². The lowest BCUT2D eigenvalue weighted by Gasteiger charge is -2.46. The third-order valence-corrected chi connectivity index (χ3v) is 5.67. The Balaban J connectivity index is 1.65. The summed E-state index contributed by atoms with van der Waals surface area (Å²) in [5.74, 6) is 0.170. The standard InChI is InChI=1S/C20H26FN5/c1-15(2)20(8-10-22)9-11-25(14-19(20)21)13-17-4-6-18(7-5-17)26-23-12-16(3)24-26/h4-7,12,15,19H,8-9,11,13-14H2,1-3H3. The maximum atomic E-state index is 15.0. The summed E-state index contributed by atoms with van der Waals surface area (Å²) in [6.45, 7) is 7.90. The number of alkyl halides is 1. The highest BCUT2D eigenvalue weighted by atomic mass is 19.1. The molecule has 138 valence electrons. The largest absolute Gasteiger partial charge is 0.296 e. The summed E-state index contributed by atoms with van der Waals surface area (Å²) in [5, 5.41) is 17.6. The Hall–Kier alpha value is -2.26. The number of halogens is 1. The van der Waals surface area contributed by atoms with Crippen molar-refractivity contribution in [1.82, 2.24) is 19.9 Å². The molecule has 0 saturated carbocycles. The number of benzene rings is 1. The zero-order chi connectivity index (χ0) is 18.7. The molecule has 26 heavy (non-hydrogen) atoms. The smallest absolute Gasteiger partial charge is 0.120 e. The van der Waals surface area contributed by atoms with Gasteiger partial charge in [-0.25, -0.2) is 4.39 Å². The van der Waals surface area contributed by atoms with Crippen LogP contribution in [0.5, 0.6) is 0 Å². The van der Waals surface area contributed by atoms with Crippen LogP contribution in [0.3, 0.4) is 0 Å². The molecule has 1 aliphatic heterocycles. The number of aromatic nitrogens is 3. The molecule has 1 aromatic heterocycles. The number of nitrogens with zero attached hydrogens (tertiary/aromatic N) is 5. The first-order valence-corrected chi connectivity index (χ1v) is 9.16. The number of likely N-dealkylation sites (tertiary alicyclic amines) is 1. The highest BCUT2D eigenvalue weighted by molar-refractivity contribution is 5.32. The molecule has 5 nitrogen and oxygen atoms in total. The third-order valence-electron chi connectivity index (χ3n) is 5.67. The fourth-order valence-electron chi connectivity index (χ4n) is 3.82. The predicted octanol–water partition coefficient (Wildman–Crippen LogP) is 3.68. The van der Waals surface area contributed by atoms with Crippen molar-refractivity contribution in [3.8, 4) is 11.8 Å². The zero-order valence-electron chi connectivity index (χ0n) is 15.7. The Kier molecular flexibility index (Phi) is 5.38. The topological polar surface area (TPSA) is 57.7 Å². The molecule has 1 fully saturated rings. The van der Waals surface area contributed by atoms with Crippen LogP contribution in [0.15, 0.2) is 30.5 Å². The summed E-state index contributed by atoms with van der Waals surface area (Å²) in [6, 6.07) is 10.3. The van der Waals surface area contributed by atoms with Crippen LogP contribution in [0, 0.1) is 29.6 Å². The normalized spacial score (nSPS) is 23.9. The van der Waals surface area contributed by atoms with E-state index in [9.17, 15) is 4.39 Å². The van der Waals surface area contributed by atoms with Crippen molar-refractivity contribution in [1.29, 1.82) is 5.26 Å². The van der Waals surface area contributed by atoms with Crippen molar-refractivity contribution in [3.05, 3.63) is 41.7 Å². The highest BCUT2D eigenvalue weighted by Gasteiger charge is 2.45. The molecule has 1 aromatic carbocycles. The first-order chi connectivity index (χ1) is 12.4. The van der Waals surface area contributed by atoms with Gasteiger partial charge in [-0.2, -0.15) is 20.3 Å². The summed E-state index contributed by atoms with van der Waals surface area (Å²) in [5.41, 5.74) is 2.43. The molecule has 2 atom stereocenters. The van der Waals surface area contributed by atoms with Gasteiger partial charge in [0.15, 0.2) is 0 Å². The lowest BCUT2D eigenvalue weighted by Crippen LogP contribution is -2.51. The Labute approximate surface area is 154 Å². The maximum Gasteiger partial charge on any atom is 0.120 e. The van der Waals surface area contributed by atoms with E-state index in [0.717, 1.165) is 29.9 Å². The Bertz CT molecular complexity index is 776. The molecule has 0 amide bonds. The van der Waals surface area contributed by atoms with E-state index in [1.807, 2.05) is 45.0 Å². The predicted molar refractivity (Wildman–Crippen MR) is 98.4 cm³/mol. The number of aryl methyl sites for hydroxylation is 1. The lowest BCUT2D eigenvalue weighted by atomic mass is 9.67. The van der Waals surface area contributed by atoms with Crippen LogP contribution in [0.4, 0.5) is 4.39 Å². The average molecular weight is 355 g/mol. The fourth-order valence-corrected chi connectivity index (χ4v) is 3.82. The second kappa shape index (κ2) is 7.55. The molecule has 0 radical (unpaired) electrons.